The first-order valence-electron chi connectivity index (χ1n) is 10.6. The van der Waals surface area contributed by atoms with Crippen LogP contribution < -0.4 is 4.90 Å². The normalized spacial score (nSPS) is 11.8. The molecule has 0 unspecified atom stereocenters. The number of anilines is 1. The molecule has 0 spiro atoms. The van der Waals surface area contributed by atoms with E-state index in [0.717, 1.165) is 26.9 Å². The quantitative estimate of drug-likeness (QED) is 0.373. The lowest BCUT2D eigenvalue weighted by Gasteiger charge is -2.20. The molecule has 2 aromatic heterocycles. The molecule has 2 aromatic carbocycles. The van der Waals surface area contributed by atoms with Crippen molar-refractivity contribution in [3.05, 3.63) is 83.2 Å². The fraction of sp³-hybridized carbons (Fsp3) is 0.240. The number of benzene rings is 2. The third-order valence-corrected chi connectivity index (χ3v) is 8.90. The maximum Gasteiger partial charge on any atom is 0.260 e. The molecule has 2 heterocycles. The molecule has 0 fully saturated rings. The number of amides is 1. The molecule has 0 atom stereocenters. The lowest BCUT2D eigenvalue weighted by Crippen LogP contribution is -2.30. The predicted molar refractivity (Wildman–Crippen MR) is 133 cm³/mol. The van der Waals surface area contributed by atoms with Crippen molar-refractivity contribution in [3.63, 3.8) is 0 Å². The Balaban J connectivity index is 1.76. The van der Waals surface area contributed by atoms with Crippen LogP contribution in [0.2, 0.25) is 0 Å². The van der Waals surface area contributed by atoms with Crippen LogP contribution in [0.15, 0.2) is 65.8 Å². The van der Waals surface area contributed by atoms with Gasteiger partial charge < -0.3 is 0 Å². The van der Waals surface area contributed by atoms with Crippen LogP contribution in [-0.2, 0) is 16.4 Å². The number of aryl methyl sites for hydroxylation is 2. The van der Waals surface area contributed by atoms with E-state index in [1.807, 2.05) is 32.0 Å². The van der Waals surface area contributed by atoms with E-state index in [4.69, 9.17) is 4.98 Å². The zero-order valence-corrected chi connectivity index (χ0v) is 20.6. The Morgan fingerprint density at radius 2 is 1.73 bits per heavy atom. The number of aromatic nitrogens is 2. The van der Waals surface area contributed by atoms with E-state index in [1.54, 1.807) is 43.3 Å². The number of pyridine rings is 1. The largest absolute Gasteiger partial charge is 0.279 e. The summed E-state index contributed by atoms with van der Waals surface area (Å²) in [6, 6.07) is 14.0. The van der Waals surface area contributed by atoms with Crippen molar-refractivity contribution < 1.29 is 13.2 Å². The fourth-order valence-electron chi connectivity index (χ4n) is 3.48. The molecule has 0 aliphatic carbocycles. The minimum Gasteiger partial charge on any atom is -0.279 e. The highest BCUT2D eigenvalue weighted by Gasteiger charge is 2.24. The molecule has 0 saturated carbocycles. The Morgan fingerprint density at radius 3 is 2.33 bits per heavy atom. The van der Waals surface area contributed by atoms with Crippen LogP contribution in [0.5, 0.6) is 0 Å². The number of nitrogens with zero attached hydrogens (tertiary/aromatic N) is 3. The lowest BCUT2D eigenvalue weighted by molar-refractivity contribution is 0.0985. The molecule has 4 aromatic rings. The molecule has 33 heavy (non-hydrogen) atoms. The minimum atomic E-state index is -3.41. The van der Waals surface area contributed by atoms with Gasteiger partial charge in [-0.25, -0.2) is 13.4 Å². The molecule has 8 heteroatoms. The zero-order valence-electron chi connectivity index (χ0n) is 18.9. The summed E-state index contributed by atoms with van der Waals surface area (Å²) < 4.78 is 26.0. The number of sulfone groups is 1. The predicted octanol–water partition coefficient (Wildman–Crippen LogP) is 5.34. The monoisotopic (exact) mass is 479 g/mol. The van der Waals surface area contributed by atoms with Crippen molar-refractivity contribution in [1.29, 1.82) is 0 Å². The van der Waals surface area contributed by atoms with Gasteiger partial charge in [-0.2, -0.15) is 0 Å². The fourth-order valence-corrected chi connectivity index (χ4v) is 5.65. The molecule has 0 aliphatic rings. The molecule has 0 bridgehead atoms. The summed E-state index contributed by atoms with van der Waals surface area (Å²) in [7, 11) is -3.41. The third kappa shape index (κ3) is 4.54. The highest BCUT2D eigenvalue weighted by atomic mass is 32.2. The number of hydrogen-bond acceptors (Lipinski definition) is 6. The van der Waals surface area contributed by atoms with Gasteiger partial charge in [-0.1, -0.05) is 29.5 Å². The summed E-state index contributed by atoms with van der Waals surface area (Å²) in [4.78, 5) is 24.4. The maximum atomic E-state index is 13.6. The topological polar surface area (TPSA) is 80.2 Å². The standard InChI is InChI=1S/C25H25N3O3S2/c1-16(2)33(30,31)21-11-9-20(10-12-21)24(29)28(15-19-6-5-13-26-14-19)25-27-22-17(3)7-8-18(4)23(22)32-25/h5-14,16H,15H2,1-4H3. The smallest absolute Gasteiger partial charge is 0.260 e. The van der Waals surface area contributed by atoms with Gasteiger partial charge in [0.2, 0.25) is 0 Å². The van der Waals surface area contributed by atoms with Crippen molar-refractivity contribution in [2.24, 2.45) is 0 Å². The van der Waals surface area contributed by atoms with Gasteiger partial charge in [0.15, 0.2) is 15.0 Å². The number of hydrogen-bond donors (Lipinski definition) is 0. The van der Waals surface area contributed by atoms with Crippen molar-refractivity contribution >= 4 is 42.4 Å². The Morgan fingerprint density at radius 1 is 1.03 bits per heavy atom. The molecule has 0 aliphatic heterocycles. The van der Waals surface area contributed by atoms with Crippen LogP contribution >= 0.6 is 11.3 Å². The summed E-state index contributed by atoms with van der Waals surface area (Å²) in [5.41, 5.74) is 4.32. The van der Waals surface area contributed by atoms with Gasteiger partial charge in [0.25, 0.3) is 5.91 Å². The maximum absolute atomic E-state index is 13.6. The minimum absolute atomic E-state index is 0.207. The van der Waals surface area contributed by atoms with E-state index in [-0.39, 0.29) is 10.8 Å². The van der Waals surface area contributed by atoms with Gasteiger partial charge in [0.1, 0.15) is 0 Å². The van der Waals surface area contributed by atoms with E-state index < -0.39 is 15.1 Å². The van der Waals surface area contributed by atoms with Gasteiger partial charge >= 0.3 is 0 Å². The van der Waals surface area contributed by atoms with E-state index in [0.29, 0.717) is 17.2 Å². The van der Waals surface area contributed by atoms with Gasteiger partial charge in [-0.05, 0) is 74.7 Å². The van der Waals surface area contributed by atoms with Gasteiger partial charge in [0, 0.05) is 18.0 Å². The third-order valence-electron chi connectivity index (χ3n) is 5.52. The average Bonchev–Trinajstić information content (AvgIpc) is 3.27. The first kappa shape index (κ1) is 23.1. The molecule has 6 nitrogen and oxygen atoms in total. The number of carbonyl (C=O) groups is 1. The number of carbonyl (C=O) groups excluding carboxylic acids is 1. The first-order valence-corrected chi connectivity index (χ1v) is 13.0. The molecule has 0 radical (unpaired) electrons. The van der Waals surface area contributed by atoms with Crippen molar-refractivity contribution in [1.82, 2.24) is 9.97 Å². The summed E-state index contributed by atoms with van der Waals surface area (Å²) in [6.45, 7) is 7.62. The Bertz CT molecular complexity index is 1370. The summed E-state index contributed by atoms with van der Waals surface area (Å²) in [6.07, 6.45) is 3.41. The Labute approximate surface area is 197 Å². The molecular weight excluding hydrogens is 454 g/mol. The second kappa shape index (κ2) is 9.03. The van der Waals surface area contributed by atoms with Gasteiger partial charge in [0.05, 0.1) is 26.9 Å². The van der Waals surface area contributed by atoms with Crippen LogP contribution in [0.4, 0.5) is 5.13 Å². The highest BCUT2D eigenvalue weighted by Crippen LogP contribution is 2.34. The highest BCUT2D eigenvalue weighted by molar-refractivity contribution is 7.92. The molecule has 170 valence electrons. The van der Waals surface area contributed by atoms with Crippen LogP contribution in [0.3, 0.4) is 0 Å². The molecular formula is C25H25N3O3S2. The van der Waals surface area contributed by atoms with Gasteiger partial charge in [-0.3, -0.25) is 14.7 Å². The van der Waals surface area contributed by atoms with E-state index in [1.165, 1.54) is 23.5 Å². The van der Waals surface area contributed by atoms with Crippen molar-refractivity contribution in [3.8, 4) is 0 Å². The van der Waals surface area contributed by atoms with Crippen LogP contribution in [0, 0.1) is 13.8 Å². The van der Waals surface area contributed by atoms with Crippen molar-refractivity contribution in [2.45, 2.75) is 44.4 Å². The van der Waals surface area contributed by atoms with E-state index in [9.17, 15) is 13.2 Å². The van der Waals surface area contributed by atoms with Crippen molar-refractivity contribution in [2.75, 3.05) is 4.90 Å². The number of thiazole rings is 1. The summed E-state index contributed by atoms with van der Waals surface area (Å²) in [5.74, 6) is -0.248. The van der Waals surface area contributed by atoms with Crippen LogP contribution in [0.25, 0.3) is 10.2 Å². The van der Waals surface area contributed by atoms with Gasteiger partial charge in [-0.15, -0.1) is 0 Å². The molecule has 0 N–H and O–H groups in total. The first-order chi connectivity index (χ1) is 15.7. The van der Waals surface area contributed by atoms with E-state index >= 15 is 0 Å². The van der Waals surface area contributed by atoms with Crippen LogP contribution in [0.1, 0.15) is 40.9 Å². The molecule has 1 amide bonds. The summed E-state index contributed by atoms with van der Waals surface area (Å²) in [5, 5.41) is 0.0606. The zero-order chi connectivity index (χ0) is 23.8. The number of rotatable bonds is 6. The average molecular weight is 480 g/mol. The second-order valence-electron chi connectivity index (χ2n) is 8.24. The summed E-state index contributed by atoms with van der Waals surface area (Å²) >= 11 is 1.48. The SMILES string of the molecule is Cc1ccc(C)c2sc(N(Cc3cccnc3)C(=O)c3ccc(S(=O)(=O)C(C)C)cc3)nc12. The Kier molecular flexibility index (Phi) is 6.32. The Hall–Kier alpha value is -3.10. The van der Waals surface area contributed by atoms with Crippen LogP contribution in [-0.4, -0.2) is 29.5 Å². The second-order valence-corrected chi connectivity index (χ2v) is 11.7. The van der Waals surface area contributed by atoms with E-state index in [2.05, 4.69) is 11.1 Å². The molecule has 0 saturated heterocycles. The lowest BCUT2D eigenvalue weighted by atomic mass is 10.1. The molecule has 4 rings (SSSR count). The number of fused-ring (bicyclic) bond motifs is 1.